The molecule has 0 saturated heterocycles. The van der Waals surface area contributed by atoms with Gasteiger partial charge < -0.3 is 15.8 Å². The number of hydrogen-bond donors (Lipinski definition) is 2. The van der Waals surface area contributed by atoms with E-state index in [2.05, 4.69) is 30.3 Å². The summed E-state index contributed by atoms with van der Waals surface area (Å²) in [6.45, 7) is 3.31. The summed E-state index contributed by atoms with van der Waals surface area (Å²) in [5, 5.41) is 11.3. The molecular formula is C10H23N3OS. The highest BCUT2D eigenvalue weighted by molar-refractivity contribution is 7.98. The van der Waals surface area contributed by atoms with Crippen LogP contribution >= 0.6 is 11.8 Å². The first-order valence-electron chi connectivity index (χ1n) is 5.27. The zero-order valence-corrected chi connectivity index (χ0v) is 10.8. The lowest BCUT2D eigenvalue weighted by atomic mass is 10.2. The van der Waals surface area contributed by atoms with Gasteiger partial charge in [0.25, 0.3) is 0 Å². The van der Waals surface area contributed by atoms with Gasteiger partial charge in [-0.15, -0.1) is 0 Å². The van der Waals surface area contributed by atoms with Gasteiger partial charge in [-0.05, 0) is 39.6 Å². The van der Waals surface area contributed by atoms with E-state index in [4.69, 9.17) is 10.9 Å². The molecule has 0 aliphatic rings. The van der Waals surface area contributed by atoms with Crippen molar-refractivity contribution in [2.45, 2.75) is 32.2 Å². The Labute approximate surface area is 96.9 Å². The third kappa shape index (κ3) is 7.50. The van der Waals surface area contributed by atoms with Crippen LogP contribution < -0.4 is 5.73 Å². The van der Waals surface area contributed by atoms with Crippen LogP contribution in [0.15, 0.2) is 5.16 Å². The van der Waals surface area contributed by atoms with Gasteiger partial charge in [-0.2, -0.15) is 11.8 Å². The van der Waals surface area contributed by atoms with E-state index in [0.717, 1.165) is 25.1 Å². The van der Waals surface area contributed by atoms with Gasteiger partial charge in [-0.25, -0.2) is 0 Å². The van der Waals surface area contributed by atoms with E-state index in [1.807, 2.05) is 11.8 Å². The molecular weight excluding hydrogens is 210 g/mol. The number of hydrogen-bond acceptors (Lipinski definition) is 4. The molecule has 5 heteroatoms. The van der Waals surface area contributed by atoms with E-state index >= 15 is 0 Å². The zero-order chi connectivity index (χ0) is 11.7. The monoisotopic (exact) mass is 233 g/mol. The molecule has 90 valence electrons. The van der Waals surface area contributed by atoms with Crippen LogP contribution in [0.4, 0.5) is 0 Å². The lowest BCUT2D eigenvalue weighted by Gasteiger charge is -2.23. The number of thioether (sulfide) groups is 1. The van der Waals surface area contributed by atoms with Gasteiger partial charge in [-0.1, -0.05) is 5.16 Å². The van der Waals surface area contributed by atoms with Crippen molar-refractivity contribution in [3.8, 4) is 0 Å². The average molecular weight is 233 g/mol. The fraction of sp³-hybridized carbons (Fsp3) is 0.900. The third-order valence-corrected chi connectivity index (χ3v) is 3.30. The first-order chi connectivity index (χ1) is 7.11. The third-order valence-electron chi connectivity index (χ3n) is 2.48. The fourth-order valence-corrected chi connectivity index (χ4v) is 2.04. The molecule has 0 amide bonds. The van der Waals surface area contributed by atoms with Crippen molar-refractivity contribution in [2.24, 2.45) is 10.9 Å². The topological polar surface area (TPSA) is 61.8 Å². The molecule has 3 N–H and O–H groups in total. The van der Waals surface area contributed by atoms with Crippen LogP contribution in [-0.2, 0) is 0 Å². The molecule has 0 aromatic rings. The second kappa shape index (κ2) is 8.85. The maximum absolute atomic E-state index is 8.35. The van der Waals surface area contributed by atoms with Gasteiger partial charge in [-0.3, -0.25) is 0 Å². The quantitative estimate of drug-likeness (QED) is 0.220. The second-order valence-corrected chi connectivity index (χ2v) is 4.74. The lowest BCUT2D eigenvalue weighted by Crippen LogP contribution is -2.31. The van der Waals surface area contributed by atoms with E-state index in [9.17, 15) is 0 Å². The van der Waals surface area contributed by atoms with Crippen LogP contribution in [0.25, 0.3) is 0 Å². The predicted octanol–water partition coefficient (Wildman–Crippen LogP) is 1.59. The van der Waals surface area contributed by atoms with Crippen molar-refractivity contribution in [3.05, 3.63) is 0 Å². The maximum atomic E-state index is 8.35. The minimum Gasteiger partial charge on any atom is -0.409 e. The Kier molecular flexibility index (Phi) is 8.61. The second-order valence-electron chi connectivity index (χ2n) is 3.83. The normalized spacial score (nSPS) is 14.5. The highest BCUT2D eigenvalue weighted by Crippen LogP contribution is 2.05. The molecule has 0 saturated carbocycles. The molecule has 0 aliphatic heterocycles. The Morgan fingerprint density at radius 2 is 2.20 bits per heavy atom. The van der Waals surface area contributed by atoms with Crippen molar-refractivity contribution < 1.29 is 5.21 Å². The summed E-state index contributed by atoms with van der Waals surface area (Å²) in [6, 6.07) is 0.615. The van der Waals surface area contributed by atoms with Gasteiger partial charge in [0.1, 0.15) is 5.84 Å². The van der Waals surface area contributed by atoms with E-state index in [-0.39, 0.29) is 0 Å². The molecule has 0 bridgehead atoms. The van der Waals surface area contributed by atoms with Crippen molar-refractivity contribution in [1.29, 1.82) is 0 Å². The minimum absolute atomic E-state index is 0.329. The van der Waals surface area contributed by atoms with Gasteiger partial charge in [0.2, 0.25) is 0 Å². The van der Waals surface area contributed by atoms with Crippen LogP contribution in [0.3, 0.4) is 0 Å². The summed E-state index contributed by atoms with van der Waals surface area (Å²) < 4.78 is 0. The average Bonchev–Trinajstić information content (AvgIpc) is 2.23. The number of unbranched alkanes of at least 4 members (excludes halogenated alkanes) is 1. The zero-order valence-electron chi connectivity index (χ0n) is 9.94. The van der Waals surface area contributed by atoms with E-state index in [0.29, 0.717) is 18.3 Å². The summed E-state index contributed by atoms with van der Waals surface area (Å²) >= 11 is 1.87. The molecule has 0 radical (unpaired) electrons. The maximum Gasteiger partial charge on any atom is 0.139 e. The minimum atomic E-state index is 0.329. The van der Waals surface area contributed by atoms with Crippen LogP contribution in [0.2, 0.25) is 0 Å². The molecule has 1 unspecified atom stereocenters. The Morgan fingerprint density at radius 1 is 1.53 bits per heavy atom. The van der Waals surface area contributed by atoms with Crippen LogP contribution in [0.5, 0.6) is 0 Å². The van der Waals surface area contributed by atoms with Gasteiger partial charge in [0.15, 0.2) is 0 Å². The molecule has 0 aliphatic carbocycles. The molecule has 0 rings (SSSR count). The van der Waals surface area contributed by atoms with E-state index in [1.54, 1.807) is 0 Å². The van der Waals surface area contributed by atoms with Crippen LogP contribution in [0, 0.1) is 0 Å². The Balaban J connectivity index is 3.50. The van der Waals surface area contributed by atoms with Crippen LogP contribution in [0.1, 0.15) is 26.2 Å². The fourth-order valence-electron chi connectivity index (χ4n) is 1.31. The van der Waals surface area contributed by atoms with Crippen molar-refractivity contribution in [3.63, 3.8) is 0 Å². The molecule has 0 spiro atoms. The molecule has 0 fully saturated rings. The summed E-state index contributed by atoms with van der Waals surface area (Å²) in [5.74, 6) is 1.49. The molecule has 0 aromatic carbocycles. The largest absolute Gasteiger partial charge is 0.409 e. The number of nitrogens with two attached hydrogens (primary N) is 1. The molecule has 15 heavy (non-hydrogen) atoms. The first kappa shape index (κ1) is 14.6. The van der Waals surface area contributed by atoms with E-state index < -0.39 is 0 Å². The number of oxime groups is 1. The van der Waals surface area contributed by atoms with Crippen molar-refractivity contribution in [2.75, 3.05) is 25.6 Å². The SMILES string of the molecule is CSCC(C)N(C)CCCCC(N)=NO. The van der Waals surface area contributed by atoms with Gasteiger partial charge >= 0.3 is 0 Å². The standard InChI is InChI=1S/C10H23N3OS/c1-9(8-15-3)13(2)7-5-4-6-10(11)12-14/h9,14H,4-8H2,1-3H3,(H2,11,12). The van der Waals surface area contributed by atoms with Crippen LogP contribution in [-0.4, -0.2) is 47.6 Å². The lowest BCUT2D eigenvalue weighted by molar-refractivity contribution is 0.272. The summed E-state index contributed by atoms with van der Waals surface area (Å²) in [7, 11) is 2.14. The number of rotatable bonds is 8. The number of nitrogens with zero attached hydrogens (tertiary/aromatic N) is 2. The molecule has 0 heterocycles. The molecule has 4 nitrogen and oxygen atoms in total. The van der Waals surface area contributed by atoms with E-state index in [1.165, 1.54) is 0 Å². The summed E-state index contributed by atoms with van der Waals surface area (Å²) in [5.41, 5.74) is 5.38. The van der Waals surface area contributed by atoms with Gasteiger partial charge in [0, 0.05) is 18.2 Å². The first-order valence-corrected chi connectivity index (χ1v) is 6.66. The summed E-state index contributed by atoms with van der Waals surface area (Å²) in [4.78, 5) is 2.35. The highest BCUT2D eigenvalue weighted by Gasteiger charge is 2.07. The Morgan fingerprint density at radius 3 is 2.73 bits per heavy atom. The Hall–Kier alpha value is -0.420. The van der Waals surface area contributed by atoms with Crippen molar-refractivity contribution in [1.82, 2.24) is 4.90 Å². The molecule has 0 aromatic heterocycles. The highest BCUT2D eigenvalue weighted by atomic mass is 32.2. The number of amidine groups is 1. The smallest absolute Gasteiger partial charge is 0.139 e. The molecule has 1 atom stereocenters. The predicted molar refractivity (Wildman–Crippen MR) is 67.7 cm³/mol. The Bertz CT molecular complexity index is 188. The summed E-state index contributed by atoms with van der Waals surface area (Å²) in [6.07, 6.45) is 4.88. The van der Waals surface area contributed by atoms with Crippen molar-refractivity contribution >= 4 is 17.6 Å². The van der Waals surface area contributed by atoms with Gasteiger partial charge in [0.05, 0.1) is 0 Å².